The Bertz CT molecular complexity index is 1230. The Morgan fingerprint density at radius 1 is 1.18 bits per heavy atom. The van der Waals surface area contributed by atoms with Crippen LogP contribution in [0.15, 0.2) is 52.4 Å². The van der Waals surface area contributed by atoms with E-state index in [1.54, 1.807) is 29.2 Å². The molecule has 33 heavy (non-hydrogen) atoms. The zero-order valence-electron chi connectivity index (χ0n) is 18.1. The number of amidine groups is 1. The van der Waals surface area contributed by atoms with Gasteiger partial charge in [-0.15, -0.1) is 0 Å². The maximum absolute atomic E-state index is 12.6. The summed E-state index contributed by atoms with van der Waals surface area (Å²) < 4.78 is 42.5. The highest BCUT2D eigenvalue weighted by molar-refractivity contribution is 7.90. The highest BCUT2D eigenvalue weighted by Crippen LogP contribution is 2.32. The number of aliphatic imine (C=N–C) groups is 1. The van der Waals surface area contributed by atoms with Gasteiger partial charge in [0.15, 0.2) is 18.1 Å². The van der Waals surface area contributed by atoms with Crippen molar-refractivity contribution in [3.8, 4) is 11.5 Å². The molecule has 4 rings (SSSR count). The minimum Gasteiger partial charge on any atom is -0.454 e. The summed E-state index contributed by atoms with van der Waals surface area (Å²) in [7, 11) is -3.71. The van der Waals surface area contributed by atoms with Gasteiger partial charge in [-0.25, -0.2) is 13.2 Å². The number of amides is 1. The average Bonchev–Trinajstić information content (AvgIpc) is 3.37. The number of carbonyl (C=O) groups is 2. The van der Waals surface area contributed by atoms with Crippen LogP contribution in [0, 0.1) is 0 Å². The second-order valence-corrected chi connectivity index (χ2v) is 9.11. The van der Waals surface area contributed by atoms with Crippen LogP contribution in [-0.2, 0) is 30.9 Å². The molecule has 0 bridgehead atoms. The van der Waals surface area contributed by atoms with Gasteiger partial charge in [0.25, 0.3) is 15.9 Å². The molecule has 11 heteroatoms. The number of benzene rings is 2. The summed E-state index contributed by atoms with van der Waals surface area (Å²) in [6.07, 6.45) is 0. The Morgan fingerprint density at radius 2 is 1.94 bits per heavy atom. The Labute approximate surface area is 191 Å². The fourth-order valence-electron chi connectivity index (χ4n) is 3.46. The predicted octanol–water partition coefficient (Wildman–Crippen LogP) is 1.43. The van der Waals surface area contributed by atoms with Gasteiger partial charge in [-0.1, -0.05) is 18.2 Å². The van der Waals surface area contributed by atoms with Crippen molar-refractivity contribution in [1.82, 2.24) is 9.62 Å². The molecule has 2 heterocycles. The highest BCUT2D eigenvalue weighted by atomic mass is 32.2. The molecule has 1 N–H and O–H groups in total. The van der Waals surface area contributed by atoms with Crippen LogP contribution >= 0.6 is 0 Å². The van der Waals surface area contributed by atoms with Crippen LogP contribution < -0.4 is 14.2 Å². The molecule has 0 aromatic heterocycles. The molecular formula is C22H23N3O7S. The molecule has 2 aliphatic heterocycles. The largest absolute Gasteiger partial charge is 0.454 e. The van der Waals surface area contributed by atoms with Crippen molar-refractivity contribution in [3.63, 3.8) is 0 Å². The molecule has 2 aliphatic rings. The lowest BCUT2D eigenvalue weighted by molar-refractivity contribution is -0.152. The van der Waals surface area contributed by atoms with E-state index < -0.39 is 28.6 Å². The van der Waals surface area contributed by atoms with E-state index in [1.165, 1.54) is 13.0 Å². The SMILES string of the molecule is CCN(Cc1ccc2c(c1)OCO2)C(=O)COC(=O)[C@H](C)N=C1NS(=O)(=O)c2ccccc21. The molecule has 2 aromatic carbocycles. The lowest BCUT2D eigenvalue weighted by atomic mass is 10.2. The zero-order chi connectivity index (χ0) is 23.6. The van der Waals surface area contributed by atoms with Crippen molar-refractivity contribution in [2.75, 3.05) is 19.9 Å². The third kappa shape index (κ3) is 4.77. The van der Waals surface area contributed by atoms with Gasteiger partial charge in [0.05, 0.1) is 4.90 Å². The summed E-state index contributed by atoms with van der Waals surface area (Å²) in [4.78, 5) is 30.8. The molecule has 174 valence electrons. The number of carbonyl (C=O) groups excluding carboxylic acids is 2. The summed E-state index contributed by atoms with van der Waals surface area (Å²) in [5.41, 5.74) is 1.24. The molecule has 0 fully saturated rings. The maximum Gasteiger partial charge on any atom is 0.331 e. The van der Waals surface area contributed by atoms with Crippen LogP contribution in [0.1, 0.15) is 25.0 Å². The van der Waals surface area contributed by atoms with E-state index in [4.69, 9.17) is 14.2 Å². The van der Waals surface area contributed by atoms with Crippen molar-refractivity contribution in [2.24, 2.45) is 4.99 Å². The van der Waals surface area contributed by atoms with Crippen LogP contribution in [-0.4, -0.2) is 57.0 Å². The fraction of sp³-hybridized carbons (Fsp3) is 0.318. The number of likely N-dealkylation sites (N-methyl/N-ethyl adjacent to an activating group) is 1. The molecule has 1 atom stereocenters. The molecule has 0 saturated carbocycles. The van der Waals surface area contributed by atoms with Gasteiger partial charge in [-0.3, -0.25) is 14.5 Å². The van der Waals surface area contributed by atoms with Gasteiger partial charge < -0.3 is 19.1 Å². The molecule has 0 aliphatic carbocycles. The van der Waals surface area contributed by atoms with E-state index in [2.05, 4.69) is 9.71 Å². The molecule has 0 unspecified atom stereocenters. The van der Waals surface area contributed by atoms with Gasteiger partial charge in [0.2, 0.25) is 6.79 Å². The van der Waals surface area contributed by atoms with Gasteiger partial charge >= 0.3 is 5.97 Å². The highest BCUT2D eigenvalue weighted by Gasteiger charge is 2.31. The van der Waals surface area contributed by atoms with E-state index >= 15 is 0 Å². The first-order chi connectivity index (χ1) is 15.8. The first-order valence-electron chi connectivity index (χ1n) is 10.3. The molecule has 0 spiro atoms. The Hall–Kier alpha value is -3.60. The van der Waals surface area contributed by atoms with Crippen LogP contribution in [0.2, 0.25) is 0 Å². The number of nitrogens with zero attached hydrogens (tertiary/aromatic N) is 2. The normalized spacial score (nSPS) is 17.2. The van der Waals surface area contributed by atoms with E-state index in [0.717, 1.165) is 5.56 Å². The van der Waals surface area contributed by atoms with Crippen molar-refractivity contribution < 1.29 is 32.2 Å². The van der Waals surface area contributed by atoms with E-state index in [0.29, 0.717) is 30.2 Å². The van der Waals surface area contributed by atoms with Crippen LogP contribution in [0.5, 0.6) is 11.5 Å². The third-order valence-electron chi connectivity index (χ3n) is 5.21. The molecule has 10 nitrogen and oxygen atoms in total. The van der Waals surface area contributed by atoms with Gasteiger partial charge in [0, 0.05) is 18.7 Å². The quantitative estimate of drug-likeness (QED) is 0.604. The lowest BCUT2D eigenvalue weighted by Gasteiger charge is -2.21. The lowest BCUT2D eigenvalue weighted by Crippen LogP contribution is -2.35. The first-order valence-corrected chi connectivity index (χ1v) is 11.8. The van der Waals surface area contributed by atoms with Crippen LogP contribution in [0.25, 0.3) is 0 Å². The predicted molar refractivity (Wildman–Crippen MR) is 117 cm³/mol. The number of sulfonamides is 1. The summed E-state index contributed by atoms with van der Waals surface area (Å²) in [5, 5.41) is 0. The molecule has 0 radical (unpaired) electrons. The van der Waals surface area contributed by atoms with Crippen molar-refractivity contribution in [2.45, 2.75) is 31.3 Å². The van der Waals surface area contributed by atoms with E-state index in [1.807, 2.05) is 19.1 Å². The van der Waals surface area contributed by atoms with Gasteiger partial charge in [-0.05, 0) is 43.7 Å². The number of esters is 1. The third-order valence-corrected chi connectivity index (χ3v) is 6.61. The first kappa shape index (κ1) is 22.6. The molecule has 0 saturated heterocycles. The van der Waals surface area contributed by atoms with E-state index in [9.17, 15) is 18.0 Å². The summed E-state index contributed by atoms with van der Waals surface area (Å²) >= 11 is 0. The number of nitrogens with one attached hydrogen (secondary N) is 1. The number of hydrogen-bond acceptors (Lipinski definition) is 8. The number of fused-ring (bicyclic) bond motifs is 2. The van der Waals surface area contributed by atoms with Crippen molar-refractivity contribution in [3.05, 3.63) is 53.6 Å². The molecule has 2 aromatic rings. The van der Waals surface area contributed by atoms with E-state index in [-0.39, 0.29) is 23.4 Å². The van der Waals surface area contributed by atoms with Crippen LogP contribution in [0.4, 0.5) is 0 Å². The second kappa shape index (κ2) is 9.10. The number of hydrogen-bond donors (Lipinski definition) is 1. The minimum atomic E-state index is -3.71. The van der Waals surface area contributed by atoms with Crippen molar-refractivity contribution in [1.29, 1.82) is 0 Å². The van der Waals surface area contributed by atoms with Gasteiger partial charge in [0.1, 0.15) is 11.9 Å². The zero-order valence-corrected chi connectivity index (χ0v) is 18.9. The average molecular weight is 474 g/mol. The monoisotopic (exact) mass is 473 g/mol. The summed E-state index contributed by atoms with van der Waals surface area (Å²) in [6, 6.07) is 10.8. The molecule has 1 amide bonds. The smallest absolute Gasteiger partial charge is 0.331 e. The second-order valence-electron chi connectivity index (χ2n) is 7.46. The maximum atomic E-state index is 12.6. The Balaban J connectivity index is 1.36. The molecular weight excluding hydrogens is 450 g/mol. The topological polar surface area (TPSA) is 124 Å². The summed E-state index contributed by atoms with van der Waals surface area (Å²) in [5.74, 6) is 0.248. The van der Waals surface area contributed by atoms with Crippen LogP contribution in [0.3, 0.4) is 0 Å². The standard InChI is InChI=1S/C22H23N3O7S/c1-3-25(11-15-8-9-17-18(10-15)32-13-31-17)20(26)12-30-22(27)14(2)23-21-16-6-4-5-7-19(16)33(28,29)24-21/h4-10,14H,3,11-13H2,1-2H3,(H,23,24)/t14-/m0/s1. The fourth-order valence-corrected chi connectivity index (χ4v) is 4.70. The number of rotatable bonds is 7. The van der Waals surface area contributed by atoms with Crippen molar-refractivity contribution >= 4 is 27.7 Å². The van der Waals surface area contributed by atoms with Gasteiger partial charge in [-0.2, -0.15) is 0 Å². The Kier molecular flexibility index (Phi) is 6.23. The minimum absolute atomic E-state index is 0.0689. The Morgan fingerprint density at radius 3 is 2.73 bits per heavy atom. The summed E-state index contributed by atoms with van der Waals surface area (Å²) in [6.45, 7) is 3.75. The number of ether oxygens (including phenoxy) is 3.